The Hall–Kier alpha value is -3.43. The van der Waals surface area contributed by atoms with E-state index in [1.807, 2.05) is 13.0 Å². The van der Waals surface area contributed by atoms with E-state index in [9.17, 15) is 18.0 Å². The summed E-state index contributed by atoms with van der Waals surface area (Å²) in [6.07, 6.45) is 0.133. The van der Waals surface area contributed by atoms with Crippen molar-refractivity contribution in [1.29, 1.82) is 0 Å². The number of ether oxygens (including phenoxy) is 2. The van der Waals surface area contributed by atoms with Crippen LogP contribution >= 0.6 is 0 Å². The normalized spacial score (nSPS) is 19.1. The minimum Gasteiger partial charge on any atom is -0.497 e. The molecule has 2 aliphatic rings. The molecule has 1 aliphatic heterocycles. The minimum absolute atomic E-state index is 0.133. The van der Waals surface area contributed by atoms with E-state index in [1.165, 1.54) is 12.1 Å². The van der Waals surface area contributed by atoms with Gasteiger partial charge in [0.25, 0.3) is 5.91 Å². The molecule has 1 aliphatic carbocycles. The number of anilines is 1. The summed E-state index contributed by atoms with van der Waals surface area (Å²) in [7, 11) is 1.59. The average Bonchev–Trinajstić information content (AvgIpc) is 3.38. The quantitative estimate of drug-likeness (QED) is 0.550. The fraction of sp³-hybridized carbons (Fsp3) is 0.440. The molecule has 7 nitrogen and oxygen atoms in total. The number of fused-ring (bicyclic) bond motifs is 1. The Bertz CT molecular complexity index is 1230. The van der Waals surface area contributed by atoms with Crippen LogP contribution in [0.5, 0.6) is 11.5 Å². The lowest BCUT2D eigenvalue weighted by Crippen LogP contribution is -2.36. The number of methoxy groups -OCH3 is 1. The van der Waals surface area contributed by atoms with Gasteiger partial charge in [0.05, 0.1) is 23.9 Å². The molecule has 35 heavy (non-hydrogen) atoms. The van der Waals surface area contributed by atoms with Crippen molar-refractivity contribution in [2.45, 2.75) is 32.5 Å². The zero-order valence-electron chi connectivity index (χ0n) is 19.6. The average molecular weight is 489 g/mol. The van der Waals surface area contributed by atoms with Crippen LogP contribution in [0.4, 0.5) is 18.9 Å². The molecule has 0 radical (unpaired) electrons. The molecule has 1 aromatic carbocycles. The number of amides is 1. The number of carbonyl (C=O) groups is 1. The van der Waals surface area contributed by atoms with Crippen molar-refractivity contribution in [3.63, 3.8) is 0 Å². The fourth-order valence-corrected chi connectivity index (χ4v) is 5.26. The lowest BCUT2D eigenvalue weighted by Gasteiger charge is -2.34. The zero-order valence-corrected chi connectivity index (χ0v) is 19.6. The van der Waals surface area contributed by atoms with Crippen LogP contribution < -0.4 is 19.7 Å². The van der Waals surface area contributed by atoms with E-state index in [-0.39, 0.29) is 17.1 Å². The summed E-state index contributed by atoms with van der Waals surface area (Å²) in [5.41, 5.74) is 3.05. The van der Waals surface area contributed by atoms with E-state index in [1.54, 1.807) is 36.0 Å². The maximum atomic E-state index is 13.0. The number of hydrogen-bond acceptors (Lipinski definition) is 5. The summed E-state index contributed by atoms with van der Waals surface area (Å²) in [6.45, 7) is 4.10. The molecule has 3 heterocycles. The molecular weight excluding hydrogens is 461 g/mol. The zero-order chi connectivity index (χ0) is 24.8. The van der Waals surface area contributed by atoms with Gasteiger partial charge in [0.1, 0.15) is 11.5 Å². The molecule has 5 rings (SSSR count). The van der Waals surface area contributed by atoms with Crippen molar-refractivity contribution in [3.05, 3.63) is 53.9 Å². The van der Waals surface area contributed by atoms with Crippen molar-refractivity contribution in [2.75, 3.05) is 31.6 Å². The number of alkyl halides is 3. The third kappa shape index (κ3) is 4.74. The smallest absolute Gasteiger partial charge is 0.497 e. The second-order valence-corrected chi connectivity index (χ2v) is 9.36. The van der Waals surface area contributed by atoms with Crippen molar-refractivity contribution in [3.8, 4) is 11.5 Å². The molecule has 1 amide bonds. The first kappa shape index (κ1) is 23.3. The maximum Gasteiger partial charge on any atom is 0.573 e. The SMILES string of the molecule is COc1ccn2nc(C)c(C(=O)NCC3CC34CCN(c3ccc(OC(F)(F)F)cc3)CC4)c2c1. The van der Waals surface area contributed by atoms with E-state index < -0.39 is 6.36 Å². The van der Waals surface area contributed by atoms with E-state index in [4.69, 9.17) is 4.74 Å². The number of nitrogens with zero attached hydrogens (tertiary/aromatic N) is 3. The van der Waals surface area contributed by atoms with Gasteiger partial charge in [-0.3, -0.25) is 4.79 Å². The van der Waals surface area contributed by atoms with Crippen LogP contribution in [0.1, 0.15) is 35.3 Å². The maximum absolute atomic E-state index is 13.0. The standard InChI is InChI=1S/C25H27F3N4O3/c1-16-22(21-13-20(34-2)7-10-32(21)30-16)23(33)29-15-17-14-24(17)8-11-31(12-9-24)18-3-5-19(6-4-18)35-25(26,27)28/h3-7,10,13,17H,8-9,11-12,14-15H2,1-2H3,(H,29,33). The molecular formula is C25H27F3N4O3. The summed E-state index contributed by atoms with van der Waals surface area (Å²) in [4.78, 5) is 15.2. The van der Waals surface area contributed by atoms with Gasteiger partial charge in [0.15, 0.2) is 0 Å². The van der Waals surface area contributed by atoms with Gasteiger partial charge in [0, 0.05) is 37.6 Å². The number of hydrogen-bond donors (Lipinski definition) is 1. The second-order valence-electron chi connectivity index (χ2n) is 9.36. The topological polar surface area (TPSA) is 68.1 Å². The van der Waals surface area contributed by atoms with Crippen LogP contribution in [-0.2, 0) is 0 Å². The Morgan fingerprint density at radius 1 is 1.17 bits per heavy atom. The number of piperidine rings is 1. The summed E-state index contributed by atoms with van der Waals surface area (Å²) in [6, 6.07) is 9.63. The molecule has 1 atom stereocenters. The highest BCUT2D eigenvalue weighted by Crippen LogP contribution is 2.59. The van der Waals surface area contributed by atoms with Crippen LogP contribution in [0, 0.1) is 18.3 Å². The van der Waals surface area contributed by atoms with E-state index >= 15 is 0 Å². The van der Waals surface area contributed by atoms with Crippen LogP contribution in [0.2, 0.25) is 0 Å². The van der Waals surface area contributed by atoms with Gasteiger partial charge in [-0.25, -0.2) is 4.52 Å². The Morgan fingerprint density at radius 2 is 1.89 bits per heavy atom. The second kappa shape index (κ2) is 8.66. The van der Waals surface area contributed by atoms with E-state index in [0.717, 1.165) is 38.0 Å². The Kier molecular flexibility index (Phi) is 5.77. The van der Waals surface area contributed by atoms with Crippen LogP contribution in [0.25, 0.3) is 5.52 Å². The molecule has 1 spiro atoms. The first-order valence-corrected chi connectivity index (χ1v) is 11.6. The summed E-state index contributed by atoms with van der Waals surface area (Å²) in [5.74, 6) is 0.744. The minimum atomic E-state index is -4.69. The molecule has 1 N–H and O–H groups in total. The Balaban J connectivity index is 1.15. The molecule has 0 bridgehead atoms. The van der Waals surface area contributed by atoms with Crippen molar-refractivity contribution in [2.24, 2.45) is 11.3 Å². The van der Waals surface area contributed by atoms with Gasteiger partial charge in [-0.15, -0.1) is 13.2 Å². The Morgan fingerprint density at radius 3 is 2.54 bits per heavy atom. The highest BCUT2D eigenvalue weighted by Gasteiger charge is 2.54. The third-order valence-electron chi connectivity index (χ3n) is 7.31. The van der Waals surface area contributed by atoms with Gasteiger partial charge < -0.3 is 19.7 Å². The first-order chi connectivity index (χ1) is 16.7. The van der Waals surface area contributed by atoms with Crippen LogP contribution in [0.15, 0.2) is 42.6 Å². The number of carbonyl (C=O) groups excluding carboxylic acids is 1. The Labute approximate surface area is 200 Å². The highest BCUT2D eigenvalue weighted by molar-refractivity contribution is 6.02. The molecule has 10 heteroatoms. The number of benzene rings is 1. The van der Waals surface area contributed by atoms with Gasteiger partial charge in [-0.2, -0.15) is 5.10 Å². The lowest BCUT2D eigenvalue weighted by atomic mass is 9.90. The van der Waals surface area contributed by atoms with Crippen molar-refractivity contribution < 1.29 is 27.4 Å². The van der Waals surface area contributed by atoms with Gasteiger partial charge in [0.2, 0.25) is 0 Å². The molecule has 1 unspecified atom stereocenters. The predicted molar refractivity (Wildman–Crippen MR) is 124 cm³/mol. The summed E-state index contributed by atoms with van der Waals surface area (Å²) in [5, 5.41) is 7.53. The predicted octanol–water partition coefficient (Wildman–Crippen LogP) is 4.59. The molecule has 186 valence electrons. The fourth-order valence-electron chi connectivity index (χ4n) is 5.26. The first-order valence-electron chi connectivity index (χ1n) is 11.6. The van der Waals surface area contributed by atoms with Crippen LogP contribution in [0.3, 0.4) is 0 Å². The van der Waals surface area contributed by atoms with E-state index in [2.05, 4.69) is 20.1 Å². The third-order valence-corrected chi connectivity index (χ3v) is 7.31. The molecule has 1 saturated heterocycles. The number of aryl methyl sites for hydroxylation is 1. The monoisotopic (exact) mass is 488 g/mol. The number of pyridine rings is 1. The lowest BCUT2D eigenvalue weighted by molar-refractivity contribution is -0.274. The number of nitrogens with one attached hydrogen (secondary N) is 1. The largest absolute Gasteiger partial charge is 0.573 e. The molecule has 2 aromatic heterocycles. The summed E-state index contributed by atoms with van der Waals surface area (Å²) < 4.78 is 48.0. The summed E-state index contributed by atoms with van der Waals surface area (Å²) >= 11 is 0. The van der Waals surface area contributed by atoms with E-state index in [0.29, 0.717) is 35.0 Å². The molecule has 3 aromatic rings. The van der Waals surface area contributed by atoms with Crippen LogP contribution in [-0.4, -0.2) is 48.6 Å². The number of halogens is 3. The van der Waals surface area contributed by atoms with Gasteiger partial charge >= 0.3 is 6.36 Å². The number of aromatic nitrogens is 2. The van der Waals surface area contributed by atoms with Crippen molar-refractivity contribution >= 4 is 17.1 Å². The molecule has 2 fully saturated rings. The van der Waals surface area contributed by atoms with Gasteiger partial charge in [-0.05, 0) is 67.9 Å². The van der Waals surface area contributed by atoms with Gasteiger partial charge in [-0.1, -0.05) is 0 Å². The molecule has 1 saturated carbocycles. The van der Waals surface area contributed by atoms with Crippen molar-refractivity contribution in [1.82, 2.24) is 14.9 Å². The number of rotatable bonds is 6. The highest BCUT2D eigenvalue weighted by atomic mass is 19.4.